The van der Waals surface area contributed by atoms with E-state index in [1.54, 1.807) is 17.5 Å². The fraction of sp³-hybridized carbons (Fsp3) is 0.0714. The lowest BCUT2D eigenvalue weighted by Crippen LogP contribution is -1.96. The number of halogens is 1. The molecule has 18 heavy (non-hydrogen) atoms. The summed E-state index contributed by atoms with van der Waals surface area (Å²) >= 11 is 7.17. The number of benzene rings is 1. The number of para-hydroxylation sites is 1. The summed E-state index contributed by atoms with van der Waals surface area (Å²) in [6.45, 7) is 1.96. The molecule has 0 radical (unpaired) electrons. The molecule has 2 nitrogen and oxygen atoms in total. The SMILES string of the molecule is Cc1cccc2cc(C(=O)c3csc(Cl)c3)oc12. The Morgan fingerprint density at radius 2 is 2.17 bits per heavy atom. The Morgan fingerprint density at radius 3 is 2.83 bits per heavy atom. The average Bonchev–Trinajstić information content (AvgIpc) is 2.95. The molecule has 3 aromatic rings. The first-order valence-corrected chi connectivity index (χ1v) is 6.69. The molecule has 0 saturated heterocycles. The normalized spacial score (nSPS) is 11.0. The van der Waals surface area contributed by atoms with Gasteiger partial charge in [-0.3, -0.25) is 4.79 Å². The molecule has 3 rings (SSSR count). The lowest BCUT2D eigenvalue weighted by Gasteiger charge is -1.93. The van der Waals surface area contributed by atoms with Gasteiger partial charge in [0.15, 0.2) is 5.76 Å². The second kappa shape index (κ2) is 4.26. The van der Waals surface area contributed by atoms with Crippen molar-refractivity contribution >= 4 is 39.7 Å². The third kappa shape index (κ3) is 1.85. The summed E-state index contributed by atoms with van der Waals surface area (Å²) in [6, 6.07) is 9.28. The van der Waals surface area contributed by atoms with Crippen LogP contribution in [-0.4, -0.2) is 5.78 Å². The van der Waals surface area contributed by atoms with Crippen molar-refractivity contribution in [2.45, 2.75) is 6.92 Å². The molecule has 0 aliphatic heterocycles. The van der Waals surface area contributed by atoms with Crippen LogP contribution in [0.5, 0.6) is 0 Å². The minimum atomic E-state index is -0.131. The molecule has 0 amide bonds. The van der Waals surface area contributed by atoms with Crippen molar-refractivity contribution in [3.8, 4) is 0 Å². The highest BCUT2D eigenvalue weighted by molar-refractivity contribution is 7.14. The lowest BCUT2D eigenvalue weighted by molar-refractivity contribution is 0.101. The van der Waals surface area contributed by atoms with E-state index in [4.69, 9.17) is 16.0 Å². The first-order valence-electron chi connectivity index (χ1n) is 5.43. The zero-order valence-electron chi connectivity index (χ0n) is 9.57. The molecule has 0 bridgehead atoms. The summed E-state index contributed by atoms with van der Waals surface area (Å²) in [5.41, 5.74) is 2.36. The number of fused-ring (bicyclic) bond motifs is 1. The van der Waals surface area contributed by atoms with E-state index in [1.807, 2.05) is 25.1 Å². The summed E-state index contributed by atoms with van der Waals surface area (Å²) in [7, 11) is 0. The maximum atomic E-state index is 12.2. The van der Waals surface area contributed by atoms with E-state index in [2.05, 4.69) is 0 Å². The summed E-state index contributed by atoms with van der Waals surface area (Å²) < 4.78 is 6.24. The molecule has 0 aliphatic carbocycles. The molecule has 0 saturated carbocycles. The molecule has 0 aliphatic rings. The summed E-state index contributed by atoms with van der Waals surface area (Å²) in [5, 5.41) is 2.68. The standard InChI is InChI=1S/C14H9ClO2S/c1-8-3-2-4-9-5-11(17-14(8)9)13(16)10-6-12(15)18-7-10/h2-7H,1H3. The summed E-state index contributed by atoms with van der Waals surface area (Å²) in [4.78, 5) is 12.2. The van der Waals surface area contributed by atoms with Crippen LogP contribution in [0.1, 0.15) is 21.7 Å². The Bertz CT molecular complexity index is 739. The fourth-order valence-corrected chi connectivity index (χ4v) is 2.75. The largest absolute Gasteiger partial charge is 0.452 e. The number of carbonyl (C=O) groups excluding carboxylic acids is 1. The average molecular weight is 277 g/mol. The number of aryl methyl sites for hydroxylation is 1. The molecule has 0 N–H and O–H groups in total. The van der Waals surface area contributed by atoms with Crippen molar-refractivity contribution in [2.24, 2.45) is 0 Å². The molecule has 0 atom stereocenters. The highest BCUT2D eigenvalue weighted by atomic mass is 35.5. The van der Waals surface area contributed by atoms with Gasteiger partial charge in [-0.2, -0.15) is 0 Å². The second-order valence-electron chi connectivity index (χ2n) is 4.07. The van der Waals surface area contributed by atoms with E-state index in [0.717, 1.165) is 16.5 Å². The Hall–Kier alpha value is -1.58. The first kappa shape index (κ1) is 11.5. The predicted octanol–water partition coefficient (Wildman–Crippen LogP) is 4.69. The smallest absolute Gasteiger partial charge is 0.229 e. The molecule has 2 aromatic heterocycles. The highest BCUT2D eigenvalue weighted by Crippen LogP contribution is 2.26. The number of rotatable bonds is 2. The van der Waals surface area contributed by atoms with Crippen LogP contribution in [0.4, 0.5) is 0 Å². The van der Waals surface area contributed by atoms with Gasteiger partial charge in [-0.05, 0) is 24.6 Å². The van der Waals surface area contributed by atoms with Gasteiger partial charge in [-0.25, -0.2) is 0 Å². The second-order valence-corrected chi connectivity index (χ2v) is 5.62. The van der Waals surface area contributed by atoms with Crippen molar-refractivity contribution in [1.82, 2.24) is 0 Å². The Labute approximate surface area is 113 Å². The number of ketones is 1. The number of hydrogen-bond donors (Lipinski definition) is 0. The zero-order valence-corrected chi connectivity index (χ0v) is 11.1. The number of furan rings is 1. The van der Waals surface area contributed by atoms with Gasteiger partial charge in [0.25, 0.3) is 0 Å². The summed E-state index contributed by atoms with van der Waals surface area (Å²) in [5.74, 6) is 0.225. The summed E-state index contributed by atoms with van der Waals surface area (Å²) in [6.07, 6.45) is 0. The minimum Gasteiger partial charge on any atom is -0.452 e. The molecular formula is C14H9ClO2S. The third-order valence-corrected chi connectivity index (χ3v) is 3.89. The van der Waals surface area contributed by atoms with Gasteiger partial charge in [0.05, 0.1) is 4.34 Å². The fourth-order valence-electron chi connectivity index (χ4n) is 1.89. The van der Waals surface area contributed by atoms with Crippen LogP contribution in [0, 0.1) is 6.92 Å². The molecule has 0 fully saturated rings. The van der Waals surface area contributed by atoms with Crippen molar-refractivity contribution in [3.05, 3.63) is 56.9 Å². The lowest BCUT2D eigenvalue weighted by atomic mass is 10.1. The van der Waals surface area contributed by atoms with Crippen molar-refractivity contribution in [2.75, 3.05) is 0 Å². The van der Waals surface area contributed by atoms with Crippen molar-refractivity contribution < 1.29 is 9.21 Å². The van der Waals surface area contributed by atoms with Crippen LogP contribution in [0.3, 0.4) is 0 Å². The van der Waals surface area contributed by atoms with Gasteiger partial charge in [0.2, 0.25) is 5.78 Å². The minimum absolute atomic E-state index is 0.131. The quantitative estimate of drug-likeness (QED) is 0.636. The van der Waals surface area contributed by atoms with Crippen LogP contribution in [0.2, 0.25) is 4.34 Å². The van der Waals surface area contributed by atoms with E-state index in [-0.39, 0.29) is 5.78 Å². The van der Waals surface area contributed by atoms with E-state index in [0.29, 0.717) is 15.7 Å². The highest BCUT2D eigenvalue weighted by Gasteiger charge is 2.16. The molecule has 90 valence electrons. The molecule has 1 aromatic carbocycles. The van der Waals surface area contributed by atoms with Crippen LogP contribution < -0.4 is 0 Å². The molecular weight excluding hydrogens is 268 g/mol. The number of hydrogen-bond acceptors (Lipinski definition) is 3. The van der Waals surface area contributed by atoms with Gasteiger partial charge in [-0.1, -0.05) is 29.8 Å². The molecule has 4 heteroatoms. The van der Waals surface area contributed by atoms with Gasteiger partial charge < -0.3 is 4.42 Å². The first-order chi connectivity index (χ1) is 8.65. The maximum Gasteiger partial charge on any atom is 0.229 e. The Balaban J connectivity index is 2.10. The van der Waals surface area contributed by atoms with E-state index >= 15 is 0 Å². The van der Waals surface area contributed by atoms with E-state index < -0.39 is 0 Å². The third-order valence-electron chi connectivity index (χ3n) is 2.79. The van der Waals surface area contributed by atoms with Gasteiger partial charge in [0, 0.05) is 16.3 Å². The number of thiophene rings is 1. The Morgan fingerprint density at radius 1 is 1.33 bits per heavy atom. The van der Waals surface area contributed by atoms with Crippen molar-refractivity contribution in [1.29, 1.82) is 0 Å². The van der Waals surface area contributed by atoms with Crippen LogP contribution in [0.15, 0.2) is 40.1 Å². The van der Waals surface area contributed by atoms with Crippen LogP contribution in [0.25, 0.3) is 11.0 Å². The van der Waals surface area contributed by atoms with Gasteiger partial charge in [-0.15, -0.1) is 11.3 Å². The van der Waals surface area contributed by atoms with Crippen molar-refractivity contribution in [3.63, 3.8) is 0 Å². The monoisotopic (exact) mass is 276 g/mol. The van der Waals surface area contributed by atoms with Gasteiger partial charge in [0.1, 0.15) is 5.58 Å². The van der Waals surface area contributed by atoms with Crippen LogP contribution in [-0.2, 0) is 0 Å². The number of carbonyl (C=O) groups is 1. The molecule has 0 spiro atoms. The topological polar surface area (TPSA) is 30.2 Å². The zero-order chi connectivity index (χ0) is 12.7. The molecule has 2 heterocycles. The van der Waals surface area contributed by atoms with Gasteiger partial charge >= 0.3 is 0 Å². The molecule has 0 unspecified atom stereocenters. The van der Waals surface area contributed by atoms with E-state index in [1.165, 1.54) is 11.3 Å². The predicted molar refractivity (Wildman–Crippen MR) is 73.7 cm³/mol. The van der Waals surface area contributed by atoms with Crippen LogP contribution >= 0.6 is 22.9 Å². The van der Waals surface area contributed by atoms with E-state index in [9.17, 15) is 4.79 Å². The Kier molecular flexibility index (Phi) is 2.73. The maximum absolute atomic E-state index is 12.2.